The lowest BCUT2D eigenvalue weighted by atomic mass is 10.1. The number of benzene rings is 1. The molecule has 23 heavy (non-hydrogen) atoms. The molecule has 2 heterocycles. The van der Waals surface area contributed by atoms with Gasteiger partial charge in [-0.2, -0.15) is 0 Å². The molecular formula is C19H26N4. The molecule has 0 spiro atoms. The minimum Gasteiger partial charge on any atom is -0.297 e. The Morgan fingerprint density at radius 1 is 0.913 bits per heavy atom. The van der Waals surface area contributed by atoms with Crippen molar-refractivity contribution >= 4 is 0 Å². The van der Waals surface area contributed by atoms with Crippen molar-refractivity contribution in [1.29, 1.82) is 0 Å². The number of aromatic nitrogens is 2. The Kier molecular flexibility index (Phi) is 5.36. The Morgan fingerprint density at radius 3 is 2.09 bits per heavy atom. The van der Waals surface area contributed by atoms with Gasteiger partial charge in [0.25, 0.3) is 0 Å². The van der Waals surface area contributed by atoms with Crippen LogP contribution in [0.2, 0.25) is 0 Å². The van der Waals surface area contributed by atoms with E-state index in [1.54, 1.807) is 0 Å². The third-order valence-electron chi connectivity index (χ3n) is 4.43. The van der Waals surface area contributed by atoms with Crippen molar-refractivity contribution in [3.63, 3.8) is 0 Å². The zero-order chi connectivity index (χ0) is 16.1. The van der Waals surface area contributed by atoms with Crippen LogP contribution in [0.15, 0.2) is 36.7 Å². The van der Waals surface area contributed by atoms with Crippen molar-refractivity contribution in [3.8, 4) is 0 Å². The quantitative estimate of drug-likeness (QED) is 0.850. The third kappa shape index (κ3) is 4.60. The summed E-state index contributed by atoms with van der Waals surface area (Å²) in [5, 5.41) is 0. The van der Waals surface area contributed by atoms with Crippen molar-refractivity contribution in [1.82, 2.24) is 19.8 Å². The van der Waals surface area contributed by atoms with Crippen molar-refractivity contribution in [2.24, 2.45) is 0 Å². The van der Waals surface area contributed by atoms with Gasteiger partial charge in [0, 0.05) is 63.6 Å². The largest absolute Gasteiger partial charge is 0.297 e. The summed E-state index contributed by atoms with van der Waals surface area (Å²) in [5.41, 5.74) is 3.98. The zero-order valence-corrected chi connectivity index (χ0v) is 14.2. The summed E-state index contributed by atoms with van der Waals surface area (Å²) >= 11 is 0. The highest BCUT2D eigenvalue weighted by molar-refractivity contribution is 5.22. The first-order chi connectivity index (χ1) is 11.2. The van der Waals surface area contributed by atoms with Crippen LogP contribution in [0.5, 0.6) is 0 Å². The molecule has 1 aromatic heterocycles. The summed E-state index contributed by atoms with van der Waals surface area (Å²) in [6.07, 6.45) is 4.85. The fraction of sp³-hybridized carbons (Fsp3) is 0.474. The molecule has 122 valence electrons. The summed E-state index contributed by atoms with van der Waals surface area (Å²) in [5.74, 6) is 0.928. The molecule has 1 aromatic carbocycles. The Labute approximate surface area is 139 Å². The highest BCUT2D eigenvalue weighted by atomic mass is 15.3. The van der Waals surface area contributed by atoms with Crippen molar-refractivity contribution in [3.05, 3.63) is 59.2 Å². The summed E-state index contributed by atoms with van der Waals surface area (Å²) in [4.78, 5) is 13.8. The lowest BCUT2D eigenvalue weighted by Gasteiger charge is -2.34. The van der Waals surface area contributed by atoms with Gasteiger partial charge in [-0.3, -0.25) is 9.80 Å². The molecule has 0 N–H and O–H groups in total. The molecule has 0 aliphatic carbocycles. The van der Waals surface area contributed by atoms with Gasteiger partial charge in [-0.15, -0.1) is 0 Å². The first kappa shape index (κ1) is 16.1. The SMILES string of the molecule is CCc1ncc(CN2CCN(Cc3cccc(C)c3)CC2)cn1. The van der Waals surface area contributed by atoms with E-state index in [4.69, 9.17) is 0 Å². The van der Waals surface area contributed by atoms with E-state index in [-0.39, 0.29) is 0 Å². The van der Waals surface area contributed by atoms with Crippen LogP contribution in [0.25, 0.3) is 0 Å². The lowest BCUT2D eigenvalue weighted by molar-refractivity contribution is 0.122. The minimum atomic E-state index is 0.901. The van der Waals surface area contributed by atoms with E-state index in [2.05, 4.69) is 57.9 Å². The van der Waals surface area contributed by atoms with Crippen LogP contribution >= 0.6 is 0 Å². The normalized spacial score (nSPS) is 16.6. The van der Waals surface area contributed by atoms with E-state index in [1.807, 2.05) is 12.4 Å². The molecule has 4 nitrogen and oxygen atoms in total. The van der Waals surface area contributed by atoms with Gasteiger partial charge in [-0.25, -0.2) is 9.97 Å². The second-order valence-electron chi connectivity index (χ2n) is 6.40. The van der Waals surface area contributed by atoms with Crippen LogP contribution < -0.4 is 0 Å². The van der Waals surface area contributed by atoms with Gasteiger partial charge in [0.2, 0.25) is 0 Å². The van der Waals surface area contributed by atoms with Crippen LogP contribution in [-0.2, 0) is 19.5 Å². The summed E-state index contributed by atoms with van der Waals surface area (Å²) in [6.45, 7) is 10.7. The van der Waals surface area contributed by atoms with Crippen LogP contribution in [0.3, 0.4) is 0 Å². The van der Waals surface area contributed by atoms with Crippen molar-refractivity contribution < 1.29 is 0 Å². The molecule has 1 aliphatic heterocycles. The van der Waals surface area contributed by atoms with Gasteiger partial charge in [-0.1, -0.05) is 36.8 Å². The molecule has 1 aliphatic rings. The highest BCUT2D eigenvalue weighted by Crippen LogP contribution is 2.12. The van der Waals surface area contributed by atoms with Gasteiger partial charge >= 0.3 is 0 Å². The van der Waals surface area contributed by atoms with E-state index in [0.29, 0.717) is 0 Å². The maximum atomic E-state index is 4.39. The Balaban J connectivity index is 1.48. The summed E-state index contributed by atoms with van der Waals surface area (Å²) in [7, 11) is 0. The molecular weight excluding hydrogens is 284 g/mol. The number of rotatable bonds is 5. The van der Waals surface area contributed by atoms with Gasteiger partial charge in [0.1, 0.15) is 5.82 Å². The molecule has 1 fully saturated rings. The summed E-state index contributed by atoms with van der Waals surface area (Å²) < 4.78 is 0. The minimum absolute atomic E-state index is 0.901. The molecule has 3 rings (SSSR count). The highest BCUT2D eigenvalue weighted by Gasteiger charge is 2.17. The van der Waals surface area contributed by atoms with Crippen LogP contribution in [0.4, 0.5) is 0 Å². The molecule has 0 radical (unpaired) electrons. The van der Waals surface area contributed by atoms with Crippen molar-refractivity contribution in [2.45, 2.75) is 33.4 Å². The maximum Gasteiger partial charge on any atom is 0.127 e. The Hall–Kier alpha value is -1.78. The fourth-order valence-corrected chi connectivity index (χ4v) is 3.08. The van der Waals surface area contributed by atoms with E-state index in [0.717, 1.165) is 51.5 Å². The number of hydrogen-bond donors (Lipinski definition) is 0. The first-order valence-electron chi connectivity index (χ1n) is 8.53. The monoisotopic (exact) mass is 310 g/mol. The maximum absolute atomic E-state index is 4.39. The predicted octanol–water partition coefficient (Wildman–Crippen LogP) is 2.67. The molecule has 0 atom stereocenters. The molecule has 1 saturated heterocycles. The molecule has 0 amide bonds. The average Bonchev–Trinajstić information content (AvgIpc) is 2.57. The lowest BCUT2D eigenvalue weighted by Crippen LogP contribution is -2.45. The van der Waals surface area contributed by atoms with Gasteiger partial charge in [0.05, 0.1) is 0 Å². The Bertz CT molecular complexity index is 616. The van der Waals surface area contributed by atoms with Gasteiger partial charge in [-0.05, 0) is 12.5 Å². The number of piperazine rings is 1. The summed E-state index contributed by atoms with van der Waals surface area (Å²) in [6, 6.07) is 8.83. The standard InChI is InChI=1S/C19H26N4/c1-3-19-20-12-18(13-21-19)15-23-9-7-22(8-10-23)14-17-6-4-5-16(2)11-17/h4-6,11-13H,3,7-10,14-15H2,1-2H3. The van der Waals surface area contributed by atoms with Crippen LogP contribution in [0.1, 0.15) is 29.4 Å². The van der Waals surface area contributed by atoms with Crippen LogP contribution in [0, 0.1) is 6.92 Å². The first-order valence-corrected chi connectivity index (χ1v) is 8.53. The second-order valence-corrected chi connectivity index (χ2v) is 6.40. The molecule has 0 saturated carbocycles. The smallest absolute Gasteiger partial charge is 0.127 e. The predicted molar refractivity (Wildman–Crippen MR) is 93.1 cm³/mol. The molecule has 4 heteroatoms. The molecule has 2 aromatic rings. The second kappa shape index (κ2) is 7.66. The van der Waals surface area contributed by atoms with Crippen LogP contribution in [-0.4, -0.2) is 45.9 Å². The van der Waals surface area contributed by atoms with E-state index >= 15 is 0 Å². The topological polar surface area (TPSA) is 32.3 Å². The number of nitrogens with zero attached hydrogens (tertiary/aromatic N) is 4. The fourth-order valence-electron chi connectivity index (χ4n) is 3.08. The average molecular weight is 310 g/mol. The third-order valence-corrected chi connectivity index (χ3v) is 4.43. The van der Waals surface area contributed by atoms with Gasteiger partial charge in [0.15, 0.2) is 0 Å². The van der Waals surface area contributed by atoms with E-state index < -0.39 is 0 Å². The van der Waals surface area contributed by atoms with Crippen molar-refractivity contribution in [2.75, 3.05) is 26.2 Å². The number of aryl methyl sites for hydroxylation is 2. The molecule has 0 unspecified atom stereocenters. The Morgan fingerprint density at radius 2 is 1.52 bits per heavy atom. The van der Waals surface area contributed by atoms with Gasteiger partial charge < -0.3 is 0 Å². The molecule has 0 bridgehead atoms. The number of hydrogen-bond acceptors (Lipinski definition) is 4. The van der Waals surface area contributed by atoms with E-state index in [1.165, 1.54) is 16.7 Å². The zero-order valence-electron chi connectivity index (χ0n) is 14.2. The van der Waals surface area contributed by atoms with E-state index in [9.17, 15) is 0 Å².